The molecule has 2 aliphatic heterocycles. The Balaban J connectivity index is 1.95. The second-order valence-corrected chi connectivity index (χ2v) is 9.62. The molecular formula is C14H19NO2S. The summed E-state index contributed by atoms with van der Waals surface area (Å²) in [6.07, 6.45) is 10.3. The number of amides is 1. The molecule has 3 aliphatic rings. The van der Waals surface area contributed by atoms with Crippen LogP contribution in [0.5, 0.6) is 0 Å². The van der Waals surface area contributed by atoms with Crippen LogP contribution in [0.2, 0.25) is 0 Å². The third-order valence-electron chi connectivity index (χ3n) is 4.38. The van der Waals surface area contributed by atoms with E-state index in [1.54, 1.807) is 0 Å². The van der Waals surface area contributed by atoms with E-state index in [2.05, 4.69) is 23.2 Å². The second-order valence-electron chi connectivity index (χ2n) is 6.07. The van der Waals surface area contributed by atoms with Gasteiger partial charge in [0.15, 0.2) is 5.78 Å². The highest BCUT2D eigenvalue weighted by molar-refractivity contribution is 8.38. The van der Waals surface area contributed by atoms with E-state index < -0.39 is 21.5 Å². The fourth-order valence-corrected chi connectivity index (χ4v) is 4.89. The second kappa shape index (κ2) is 3.50. The number of carbonyl (C=O) groups is 2. The molecule has 1 saturated heterocycles. The molecule has 0 spiro atoms. The largest absolute Gasteiger partial charge is 0.343 e. The zero-order valence-corrected chi connectivity index (χ0v) is 11.8. The van der Waals surface area contributed by atoms with Gasteiger partial charge in [-0.3, -0.25) is 9.59 Å². The first kappa shape index (κ1) is 12.0. The smallest absolute Gasteiger partial charge is 0.236 e. The molecule has 18 heavy (non-hydrogen) atoms. The van der Waals surface area contributed by atoms with E-state index in [0.29, 0.717) is 5.92 Å². The molecule has 3 nitrogen and oxygen atoms in total. The summed E-state index contributed by atoms with van der Waals surface area (Å²) in [7, 11) is -1.09. The maximum absolute atomic E-state index is 12.7. The lowest BCUT2D eigenvalue weighted by Gasteiger charge is -2.30. The number of hydrogen-bond acceptors (Lipinski definition) is 2. The summed E-state index contributed by atoms with van der Waals surface area (Å²) in [6.45, 7) is 1.90. The first-order valence-electron chi connectivity index (χ1n) is 6.34. The molecule has 1 aliphatic carbocycles. The molecule has 1 saturated carbocycles. The predicted octanol–water partition coefficient (Wildman–Crippen LogP) is 1.95. The van der Waals surface area contributed by atoms with Crippen LogP contribution in [0.3, 0.4) is 0 Å². The summed E-state index contributed by atoms with van der Waals surface area (Å²) >= 11 is 0. The summed E-state index contributed by atoms with van der Waals surface area (Å²) in [5, 5.41) is 5.10. The number of Topliss-reactive ketones (excluding diaryl/α,β-unsaturated/α-hetero) is 1. The highest BCUT2D eigenvalue weighted by Gasteiger charge is 2.58. The zero-order valence-electron chi connectivity index (χ0n) is 11.0. The van der Waals surface area contributed by atoms with E-state index in [1.807, 2.05) is 19.1 Å². The highest BCUT2D eigenvalue weighted by Crippen LogP contribution is 2.58. The molecule has 4 heteroatoms. The van der Waals surface area contributed by atoms with Gasteiger partial charge in [-0.1, -0.05) is 12.2 Å². The van der Waals surface area contributed by atoms with Crippen molar-refractivity contribution < 1.29 is 9.59 Å². The molecule has 0 aromatic rings. The van der Waals surface area contributed by atoms with Gasteiger partial charge in [0, 0.05) is 0 Å². The van der Waals surface area contributed by atoms with Gasteiger partial charge in [0.25, 0.3) is 0 Å². The van der Waals surface area contributed by atoms with Crippen molar-refractivity contribution in [3.8, 4) is 0 Å². The fourth-order valence-electron chi connectivity index (χ4n) is 3.02. The Labute approximate surface area is 109 Å². The molecule has 2 heterocycles. The van der Waals surface area contributed by atoms with Gasteiger partial charge >= 0.3 is 0 Å². The van der Waals surface area contributed by atoms with E-state index in [0.717, 1.165) is 17.7 Å². The van der Waals surface area contributed by atoms with E-state index in [-0.39, 0.29) is 11.7 Å². The summed E-state index contributed by atoms with van der Waals surface area (Å²) in [4.78, 5) is 25.9. The average Bonchev–Trinajstić information content (AvgIpc) is 3.02. The molecule has 3 rings (SSSR count). The molecule has 2 unspecified atom stereocenters. The van der Waals surface area contributed by atoms with Crippen LogP contribution in [0.15, 0.2) is 22.5 Å². The van der Waals surface area contributed by atoms with E-state index in [1.165, 1.54) is 0 Å². The summed E-state index contributed by atoms with van der Waals surface area (Å²) < 4.78 is 0. The van der Waals surface area contributed by atoms with Crippen LogP contribution in [0.1, 0.15) is 19.8 Å². The van der Waals surface area contributed by atoms with Crippen molar-refractivity contribution in [2.24, 2.45) is 11.8 Å². The van der Waals surface area contributed by atoms with Gasteiger partial charge in [0.1, 0.15) is 5.92 Å². The van der Waals surface area contributed by atoms with Crippen LogP contribution in [0.25, 0.3) is 0 Å². The van der Waals surface area contributed by atoms with Crippen LogP contribution in [0.4, 0.5) is 0 Å². The van der Waals surface area contributed by atoms with Crippen LogP contribution in [0, 0.1) is 11.8 Å². The number of ketones is 1. The van der Waals surface area contributed by atoms with E-state index >= 15 is 0 Å². The van der Waals surface area contributed by atoms with E-state index in [4.69, 9.17) is 0 Å². The number of carbonyl (C=O) groups excluding carboxylic acids is 2. The van der Waals surface area contributed by atoms with Crippen molar-refractivity contribution in [3.63, 3.8) is 0 Å². The van der Waals surface area contributed by atoms with Gasteiger partial charge in [-0.05, 0) is 48.5 Å². The molecule has 0 radical (unpaired) electrons. The van der Waals surface area contributed by atoms with Crippen molar-refractivity contribution in [1.29, 1.82) is 0 Å². The Morgan fingerprint density at radius 1 is 1.33 bits per heavy atom. The van der Waals surface area contributed by atoms with Crippen molar-refractivity contribution in [1.82, 2.24) is 5.32 Å². The quantitative estimate of drug-likeness (QED) is 0.776. The lowest BCUT2D eigenvalue weighted by Crippen LogP contribution is -2.45. The fraction of sp³-hybridized carbons (Fsp3) is 0.571. The van der Waals surface area contributed by atoms with Crippen molar-refractivity contribution in [3.05, 3.63) is 22.5 Å². The van der Waals surface area contributed by atoms with Gasteiger partial charge in [0.2, 0.25) is 5.91 Å². The standard InChI is InChI=1S/C14H19NO2S/c1-14(9-6-7-9)12(16)11(13(17)15-14)10-5-4-8-18(10,2)3/h4-5,8-9,11H,6-7H2,1-3H3,(H,15,17). The van der Waals surface area contributed by atoms with Crippen LogP contribution in [-0.2, 0) is 9.59 Å². The number of rotatable bonds is 2. The third-order valence-corrected chi connectivity index (χ3v) is 6.81. The Hall–Kier alpha value is -1.03. The minimum atomic E-state index is -1.09. The molecule has 0 bridgehead atoms. The van der Waals surface area contributed by atoms with Gasteiger partial charge in [0.05, 0.1) is 5.54 Å². The van der Waals surface area contributed by atoms with Crippen molar-refractivity contribution in [2.45, 2.75) is 25.3 Å². The molecule has 1 N–H and O–H groups in total. The SMILES string of the molecule is CC1(C2CC2)NC(=O)C(C2=CC=CS2(C)C)C1=O. The summed E-state index contributed by atoms with van der Waals surface area (Å²) in [5.41, 5.74) is -0.610. The monoisotopic (exact) mass is 265 g/mol. The molecular weight excluding hydrogens is 246 g/mol. The summed E-state index contributed by atoms with van der Waals surface area (Å²) in [6, 6.07) is 0. The predicted molar refractivity (Wildman–Crippen MR) is 74.4 cm³/mol. The van der Waals surface area contributed by atoms with Gasteiger partial charge < -0.3 is 5.32 Å². The molecule has 2 fully saturated rings. The van der Waals surface area contributed by atoms with Crippen LogP contribution in [-0.4, -0.2) is 29.7 Å². The molecule has 0 aromatic heterocycles. The first-order chi connectivity index (χ1) is 8.36. The Morgan fingerprint density at radius 2 is 2.00 bits per heavy atom. The molecule has 1 amide bonds. The van der Waals surface area contributed by atoms with E-state index in [9.17, 15) is 9.59 Å². The maximum Gasteiger partial charge on any atom is 0.236 e. The lowest BCUT2D eigenvalue weighted by molar-refractivity contribution is -0.126. The topological polar surface area (TPSA) is 46.2 Å². The summed E-state index contributed by atoms with van der Waals surface area (Å²) in [5.74, 6) is -0.196. The van der Waals surface area contributed by atoms with Crippen LogP contribution >= 0.6 is 10.0 Å². The first-order valence-corrected chi connectivity index (χ1v) is 8.85. The zero-order chi connectivity index (χ0) is 13.1. The molecule has 2 atom stereocenters. The minimum absolute atomic E-state index is 0.0884. The number of hydrogen-bond donors (Lipinski definition) is 1. The third kappa shape index (κ3) is 1.51. The normalized spacial score (nSPS) is 39.7. The highest BCUT2D eigenvalue weighted by atomic mass is 32.3. The molecule has 0 aromatic carbocycles. The number of allylic oxidation sites excluding steroid dienone is 2. The molecule has 98 valence electrons. The maximum atomic E-state index is 12.7. The van der Waals surface area contributed by atoms with Crippen LogP contribution < -0.4 is 5.32 Å². The minimum Gasteiger partial charge on any atom is -0.343 e. The lowest BCUT2D eigenvalue weighted by atomic mass is 9.88. The van der Waals surface area contributed by atoms with Crippen molar-refractivity contribution >= 4 is 21.7 Å². The van der Waals surface area contributed by atoms with Crippen molar-refractivity contribution in [2.75, 3.05) is 12.5 Å². The number of nitrogens with one attached hydrogen (secondary N) is 1. The Bertz CT molecular complexity index is 502. The van der Waals surface area contributed by atoms with Gasteiger partial charge in [-0.25, -0.2) is 10.0 Å². The van der Waals surface area contributed by atoms with Gasteiger partial charge in [-0.2, -0.15) is 0 Å². The Kier molecular flexibility index (Phi) is 2.34. The van der Waals surface area contributed by atoms with Gasteiger partial charge in [-0.15, -0.1) is 0 Å². The Morgan fingerprint density at radius 3 is 2.50 bits per heavy atom. The average molecular weight is 265 g/mol.